The maximum Gasteiger partial charge on any atom is 0.373 e. The topological polar surface area (TPSA) is 272 Å². The smallest absolute Gasteiger partial charge is 0.373 e. The first-order valence-corrected chi connectivity index (χ1v) is 17.5. The molecule has 8 aromatic heterocycles. The molecule has 20 heteroatoms. The molecule has 0 radical (unpaired) electrons. The summed E-state index contributed by atoms with van der Waals surface area (Å²) in [7, 11) is 0. The van der Waals surface area contributed by atoms with Gasteiger partial charge in [-0.3, -0.25) is 0 Å². The second-order valence-electron chi connectivity index (χ2n) is 12.5. The van der Waals surface area contributed by atoms with Crippen molar-refractivity contribution in [2.75, 3.05) is 11.5 Å². The average Bonchev–Trinajstić information content (AvgIpc) is 4.09. The highest BCUT2D eigenvalue weighted by Crippen LogP contribution is 2.25. The molecule has 0 unspecified atom stereocenters. The van der Waals surface area contributed by atoms with Crippen molar-refractivity contribution < 1.29 is 28.3 Å². The molecule has 20 nitrogen and oxygen atoms in total. The molecule has 10 rings (SSSR count). The van der Waals surface area contributed by atoms with Crippen LogP contribution in [0.5, 0.6) is 0 Å². The predicted molar refractivity (Wildman–Crippen MR) is 205 cm³/mol. The standard InChI is InChI=1S/C19H15N7O3.C18H15N7O.CO2/c20-19-23-16-13(17-22-15(24-26(17)19)14-5-2-8-29-14)10-21-25(16)7-6-11-3-1-4-12(9-11)18(27)28;19-18-22-16-13(11-20-24(16)9-8-12-5-2-1-3-6-12)17-21-15(23-25(17)18)14-7-4-10-26-14;2-1-3/h1-5,8-10H,6-7H2,(H2,20,23)(H,27,28);1-7,10-11H,8-9H2,(H2,19,22);. The van der Waals surface area contributed by atoms with E-state index in [-0.39, 0.29) is 23.6 Å². The summed E-state index contributed by atoms with van der Waals surface area (Å²) >= 11 is 0. The lowest BCUT2D eigenvalue weighted by molar-refractivity contribution is -0.191. The lowest BCUT2D eigenvalue weighted by Crippen LogP contribution is -2.08. The van der Waals surface area contributed by atoms with E-state index in [0.29, 0.717) is 70.7 Å². The molecule has 288 valence electrons. The number of carboxylic acid groups (broad SMARTS) is 1. The summed E-state index contributed by atoms with van der Waals surface area (Å²) in [6.07, 6.45) is 8.26. The van der Waals surface area contributed by atoms with E-state index < -0.39 is 5.97 Å². The van der Waals surface area contributed by atoms with Crippen molar-refractivity contribution in [2.24, 2.45) is 0 Å². The van der Waals surface area contributed by atoms with E-state index >= 15 is 0 Å². The van der Waals surface area contributed by atoms with Crippen molar-refractivity contribution in [3.8, 4) is 23.2 Å². The minimum atomic E-state index is -0.951. The summed E-state index contributed by atoms with van der Waals surface area (Å²) in [5, 5.41) is 28.3. The molecular weight excluding hydrogens is 749 g/mol. The number of hydrogen-bond donors (Lipinski definition) is 3. The first-order valence-electron chi connectivity index (χ1n) is 17.5. The van der Waals surface area contributed by atoms with Crippen molar-refractivity contribution in [1.82, 2.24) is 58.7 Å². The number of nitrogens with zero attached hydrogens (tertiary/aromatic N) is 12. The Kier molecular flexibility index (Phi) is 9.86. The lowest BCUT2D eigenvalue weighted by Gasteiger charge is -2.05. The predicted octanol–water partition coefficient (Wildman–Crippen LogP) is 4.23. The van der Waals surface area contributed by atoms with Crippen molar-refractivity contribution >= 4 is 57.4 Å². The van der Waals surface area contributed by atoms with Gasteiger partial charge in [0.25, 0.3) is 0 Å². The van der Waals surface area contributed by atoms with Crippen LogP contribution in [0.25, 0.3) is 56.5 Å². The molecule has 2 aromatic carbocycles. The summed E-state index contributed by atoms with van der Waals surface area (Å²) in [4.78, 5) is 45.4. The van der Waals surface area contributed by atoms with Gasteiger partial charge in [-0.2, -0.15) is 38.8 Å². The molecule has 0 aliphatic carbocycles. The molecule has 5 N–H and O–H groups in total. The average molecular weight is 779 g/mol. The highest BCUT2D eigenvalue weighted by atomic mass is 16.4. The van der Waals surface area contributed by atoms with Crippen LogP contribution in [0.2, 0.25) is 0 Å². The van der Waals surface area contributed by atoms with E-state index in [1.807, 2.05) is 28.9 Å². The molecule has 0 fully saturated rings. The number of aromatic nitrogens is 12. The van der Waals surface area contributed by atoms with E-state index in [1.165, 1.54) is 14.6 Å². The lowest BCUT2D eigenvalue weighted by atomic mass is 10.1. The Balaban J connectivity index is 0.000000153. The maximum atomic E-state index is 11.1. The third-order valence-electron chi connectivity index (χ3n) is 8.92. The van der Waals surface area contributed by atoms with Gasteiger partial charge in [-0.1, -0.05) is 42.5 Å². The number of nitrogens with two attached hydrogens (primary N) is 2. The number of benzene rings is 2. The van der Waals surface area contributed by atoms with Crippen LogP contribution in [0.4, 0.5) is 11.9 Å². The number of rotatable bonds is 9. The molecule has 0 aliphatic rings. The van der Waals surface area contributed by atoms with E-state index in [9.17, 15) is 4.79 Å². The normalized spacial score (nSPS) is 11.0. The minimum Gasteiger partial charge on any atom is -0.478 e. The maximum absolute atomic E-state index is 11.1. The Morgan fingerprint density at radius 2 is 1.14 bits per heavy atom. The summed E-state index contributed by atoms with van der Waals surface area (Å²) < 4.78 is 17.3. The third kappa shape index (κ3) is 7.19. The van der Waals surface area contributed by atoms with Gasteiger partial charge in [0, 0.05) is 13.1 Å². The summed E-state index contributed by atoms with van der Waals surface area (Å²) in [5.74, 6) is 1.49. The highest BCUT2D eigenvalue weighted by Gasteiger charge is 2.19. The van der Waals surface area contributed by atoms with Crippen LogP contribution in [0.3, 0.4) is 0 Å². The number of furan rings is 2. The van der Waals surface area contributed by atoms with Crippen molar-refractivity contribution in [2.45, 2.75) is 25.9 Å². The van der Waals surface area contributed by atoms with E-state index in [2.05, 4.69) is 52.5 Å². The van der Waals surface area contributed by atoms with Gasteiger partial charge in [0.15, 0.2) is 34.1 Å². The van der Waals surface area contributed by atoms with Gasteiger partial charge in [-0.15, -0.1) is 10.2 Å². The fraction of sp³-hybridized carbons (Fsp3) is 0.105. The third-order valence-corrected chi connectivity index (χ3v) is 8.92. The van der Waals surface area contributed by atoms with Gasteiger partial charge in [0.1, 0.15) is 0 Å². The first-order chi connectivity index (χ1) is 28.3. The zero-order valence-corrected chi connectivity index (χ0v) is 30.2. The molecule has 8 heterocycles. The molecule has 0 atom stereocenters. The van der Waals surface area contributed by atoms with Crippen LogP contribution in [0.1, 0.15) is 21.5 Å². The highest BCUT2D eigenvalue weighted by molar-refractivity contribution is 5.91. The van der Waals surface area contributed by atoms with Crippen LogP contribution >= 0.6 is 0 Å². The fourth-order valence-electron chi connectivity index (χ4n) is 6.24. The molecule has 0 amide bonds. The quantitative estimate of drug-likeness (QED) is 0.185. The van der Waals surface area contributed by atoms with Crippen molar-refractivity contribution in [3.63, 3.8) is 0 Å². The summed E-state index contributed by atoms with van der Waals surface area (Å²) in [6, 6.07) is 24.2. The molecule has 0 spiro atoms. The van der Waals surface area contributed by atoms with Crippen molar-refractivity contribution in [3.05, 3.63) is 120 Å². The zero-order valence-electron chi connectivity index (χ0n) is 30.2. The molecule has 58 heavy (non-hydrogen) atoms. The van der Waals surface area contributed by atoms with Crippen LogP contribution in [-0.2, 0) is 35.5 Å². The second kappa shape index (κ2) is 15.7. The van der Waals surface area contributed by atoms with Gasteiger partial charge in [0.2, 0.25) is 23.5 Å². The Morgan fingerprint density at radius 3 is 1.62 bits per heavy atom. The fourth-order valence-corrected chi connectivity index (χ4v) is 6.24. The number of anilines is 2. The van der Waals surface area contributed by atoms with Gasteiger partial charge < -0.3 is 25.4 Å². The van der Waals surface area contributed by atoms with Crippen LogP contribution in [0, 0.1) is 0 Å². The Bertz CT molecular complexity index is 3050. The summed E-state index contributed by atoms with van der Waals surface area (Å²) in [5.41, 5.74) is 17.0. The molecule has 0 bridgehead atoms. The Hall–Kier alpha value is -8.51. The van der Waals surface area contributed by atoms with Crippen LogP contribution < -0.4 is 11.5 Å². The molecular formula is C38H30N14O6. The number of aryl methyl sites for hydroxylation is 4. The minimum absolute atomic E-state index is 0.187. The number of nitrogen functional groups attached to an aromatic ring is 2. The number of carbonyl (C=O) groups excluding carboxylic acids is 2. The SMILES string of the molecule is Nc1nc2c(cnn2CCc2cccc(C(=O)O)c2)c2nc(-c3ccco3)nn12.Nc1nc2c(cnn2CCc2ccccc2)c2nc(-c3ccco3)nn12.O=C=O. The van der Waals surface area contributed by atoms with E-state index in [1.54, 1.807) is 72.1 Å². The zero-order chi connectivity index (χ0) is 40.2. The molecule has 0 saturated carbocycles. The number of aromatic carboxylic acids is 1. The largest absolute Gasteiger partial charge is 0.478 e. The number of hydrogen-bond acceptors (Lipinski definition) is 15. The monoisotopic (exact) mass is 778 g/mol. The second-order valence-corrected chi connectivity index (χ2v) is 12.5. The number of carboxylic acids is 1. The van der Waals surface area contributed by atoms with E-state index in [4.69, 9.17) is 35.0 Å². The molecule has 0 saturated heterocycles. The van der Waals surface area contributed by atoms with Gasteiger partial charge in [-0.05, 0) is 60.4 Å². The molecule has 10 aromatic rings. The van der Waals surface area contributed by atoms with Gasteiger partial charge >= 0.3 is 12.1 Å². The van der Waals surface area contributed by atoms with Gasteiger partial charge in [0.05, 0.1) is 41.3 Å². The number of fused-ring (bicyclic) bond motifs is 6. The number of carbonyl (C=O) groups is 1. The van der Waals surface area contributed by atoms with Gasteiger partial charge in [-0.25, -0.2) is 24.1 Å². The van der Waals surface area contributed by atoms with Crippen LogP contribution in [-0.4, -0.2) is 76.0 Å². The van der Waals surface area contributed by atoms with E-state index in [0.717, 1.165) is 17.4 Å². The summed E-state index contributed by atoms with van der Waals surface area (Å²) in [6.45, 7) is 1.21. The van der Waals surface area contributed by atoms with Crippen molar-refractivity contribution in [1.29, 1.82) is 0 Å². The molecule has 0 aliphatic heterocycles. The van der Waals surface area contributed by atoms with Crippen LogP contribution in [0.15, 0.2) is 113 Å². The first kappa shape index (κ1) is 36.5. The Labute approximate surface area is 325 Å². The Morgan fingerprint density at radius 1 is 0.638 bits per heavy atom.